The zero-order valence-electron chi connectivity index (χ0n) is 10.3. The maximum Gasteiger partial charge on any atom is 0.124 e. The number of ether oxygens (including phenoxy) is 1. The molecular weight excluding hydrogens is 238 g/mol. The summed E-state index contributed by atoms with van der Waals surface area (Å²) in [5.41, 5.74) is 6.95. The van der Waals surface area contributed by atoms with Crippen molar-refractivity contribution in [1.29, 1.82) is 5.41 Å². The topological polar surface area (TPSA) is 62.3 Å². The lowest BCUT2D eigenvalue weighted by Crippen LogP contribution is -2.32. The number of amidine groups is 1. The lowest BCUT2D eigenvalue weighted by molar-refractivity contribution is 0.183. The molecule has 0 saturated carbocycles. The van der Waals surface area contributed by atoms with Crippen molar-refractivity contribution in [3.05, 3.63) is 28.8 Å². The number of nitrogen functional groups attached to an aromatic ring is 1. The van der Waals surface area contributed by atoms with E-state index < -0.39 is 0 Å². The molecule has 0 saturated heterocycles. The molecule has 0 aliphatic rings. The van der Waals surface area contributed by atoms with Crippen LogP contribution in [0.25, 0.3) is 0 Å². The van der Waals surface area contributed by atoms with Gasteiger partial charge < -0.3 is 15.4 Å². The van der Waals surface area contributed by atoms with Crippen molar-refractivity contribution in [2.24, 2.45) is 5.73 Å². The number of hydrogen-bond donors (Lipinski definition) is 2. The van der Waals surface area contributed by atoms with Crippen LogP contribution in [0.3, 0.4) is 0 Å². The van der Waals surface area contributed by atoms with E-state index in [1.807, 2.05) is 19.2 Å². The Balaban J connectivity index is 2.93. The number of anilines is 1. The van der Waals surface area contributed by atoms with Gasteiger partial charge in [-0.1, -0.05) is 11.6 Å². The highest BCUT2D eigenvalue weighted by Gasteiger charge is 2.12. The third-order valence-electron chi connectivity index (χ3n) is 2.72. The van der Waals surface area contributed by atoms with Crippen LogP contribution in [0.1, 0.15) is 12.5 Å². The van der Waals surface area contributed by atoms with Crippen molar-refractivity contribution in [3.63, 3.8) is 0 Å². The van der Waals surface area contributed by atoms with Crippen molar-refractivity contribution in [3.8, 4) is 0 Å². The summed E-state index contributed by atoms with van der Waals surface area (Å²) in [5, 5.41) is 7.86. The van der Waals surface area contributed by atoms with E-state index in [0.717, 1.165) is 5.69 Å². The van der Waals surface area contributed by atoms with Crippen LogP contribution >= 0.6 is 11.6 Å². The Labute approximate surface area is 107 Å². The van der Waals surface area contributed by atoms with E-state index in [2.05, 4.69) is 11.8 Å². The normalized spacial score (nSPS) is 12.2. The molecule has 0 spiro atoms. The van der Waals surface area contributed by atoms with Crippen LogP contribution in [0.4, 0.5) is 5.69 Å². The molecule has 0 radical (unpaired) electrons. The van der Waals surface area contributed by atoms with Gasteiger partial charge in [0.2, 0.25) is 0 Å². The number of benzene rings is 1. The predicted molar refractivity (Wildman–Crippen MR) is 72.2 cm³/mol. The highest BCUT2D eigenvalue weighted by molar-refractivity contribution is 6.34. The fraction of sp³-hybridized carbons (Fsp3) is 0.417. The number of hydrogen-bond acceptors (Lipinski definition) is 3. The molecule has 0 fully saturated rings. The smallest absolute Gasteiger partial charge is 0.124 e. The van der Waals surface area contributed by atoms with Crippen LogP contribution in [0, 0.1) is 5.41 Å². The third-order valence-corrected chi connectivity index (χ3v) is 3.03. The first-order valence-corrected chi connectivity index (χ1v) is 5.71. The van der Waals surface area contributed by atoms with Crippen molar-refractivity contribution in [2.45, 2.75) is 13.0 Å². The number of methoxy groups -OCH3 is 1. The Morgan fingerprint density at radius 2 is 2.24 bits per heavy atom. The van der Waals surface area contributed by atoms with Gasteiger partial charge in [0, 0.05) is 31.5 Å². The Morgan fingerprint density at radius 3 is 2.71 bits per heavy atom. The van der Waals surface area contributed by atoms with Crippen LogP contribution in [0.5, 0.6) is 0 Å². The van der Waals surface area contributed by atoms with E-state index in [0.29, 0.717) is 17.2 Å². The molecule has 1 unspecified atom stereocenters. The van der Waals surface area contributed by atoms with Crippen LogP contribution in [0.15, 0.2) is 18.2 Å². The summed E-state index contributed by atoms with van der Waals surface area (Å²) in [5.74, 6) is -0.0193. The van der Waals surface area contributed by atoms with Crippen molar-refractivity contribution >= 4 is 23.1 Å². The molecule has 0 bridgehead atoms. The molecule has 94 valence electrons. The second-order valence-corrected chi connectivity index (χ2v) is 4.40. The van der Waals surface area contributed by atoms with E-state index in [4.69, 9.17) is 27.5 Å². The van der Waals surface area contributed by atoms with Gasteiger partial charge in [0.05, 0.1) is 11.6 Å². The fourth-order valence-electron chi connectivity index (χ4n) is 1.55. The van der Waals surface area contributed by atoms with E-state index in [1.165, 1.54) is 0 Å². The molecule has 1 aromatic rings. The molecular formula is C12H18ClN3O. The molecule has 5 heteroatoms. The first kappa shape index (κ1) is 13.8. The first-order valence-electron chi connectivity index (χ1n) is 5.33. The second-order valence-electron chi connectivity index (χ2n) is 3.99. The minimum atomic E-state index is -0.0193. The van der Waals surface area contributed by atoms with E-state index in [9.17, 15) is 0 Å². The molecule has 1 atom stereocenters. The van der Waals surface area contributed by atoms with Gasteiger partial charge in [-0.3, -0.25) is 5.41 Å². The lowest BCUT2D eigenvalue weighted by atomic mass is 10.1. The minimum absolute atomic E-state index is 0.0193. The first-order chi connectivity index (χ1) is 7.97. The average molecular weight is 256 g/mol. The van der Waals surface area contributed by atoms with E-state index >= 15 is 0 Å². The summed E-state index contributed by atoms with van der Waals surface area (Å²) in [6.45, 7) is 2.71. The molecule has 1 aromatic carbocycles. The van der Waals surface area contributed by atoms with Crippen LogP contribution in [-0.2, 0) is 4.74 Å². The van der Waals surface area contributed by atoms with Gasteiger partial charge in [0.25, 0.3) is 0 Å². The van der Waals surface area contributed by atoms with E-state index in [1.54, 1.807) is 13.2 Å². The molecule has 0 aliphatic heterocycles. The van der Waals surface area contributed by atoms with Crippen LogP contribution < -0.4 is 10.6 Å². The number of halogens is 1. The zero-order chi connectivity index (χ0) is 13.0. The summed E-state index contributed by atoms with van der Waals surface area (Å²) >= 11 is 6.07. The summed E-state index contributed by atoms with van der Waals surface area (Å²) in [4.78, 5) is 2.07. The molecule has 0 amide bonds. The molecule has 3 N–H and O–H groups in total. The van der Waals surface area contributed by atoms with Gasteiger partial charge in [0.15, 0.2) is 0 Å². The third kappa shape index (κ3) is 3.35. The fourth-order valence-corrected chi connectivity index (χ4v) is 1.83. The van der Waals surface area contributed by atoms with Gasteiger partial charge in [-0.2, -0.15) is 0 Å². The van der Waals surface area contributed by atoms with Crippen molar-refractivity contribution < 1.29 is 4.74 Å². The summed E-state index contributed by atoms with van der Waals surface area (Å²) < 4.78 is 5.11. The quantitative estimate of drug-likeness (QED) is 0.626. The Bertz CT molecular complexity index is 409. The van der Waals surface area contributed by atoms with Gasteiger partial charge in [-0.05, 0) is 25.1 Å². The van der Waals surface area contributed by atoms with E-state index in [-0.39, 0.29) is 11.9 Å². The average Bonchev–Trinajstić information content (AvgIpc) is 2.27. The molecule has 0 heterocycles. The zero-order valence-corrected chi connectivity index (χ0v) is 11.1. The molecule has 4 nitrogen and oxygen atoms in total. The number of nitrogens with one attached hydrogen (secondary N) is 1. The maximum absolute atomic E-state index is 7.36. The van der Waals surface area contributed by atoms with Gasteiger partial charge in [-0.25, -0.2) is 0 Å². The number of rotatable bonds is 5. The maximum atomic E-state index is 7.36. The second kappa shape index (κ2) is 5.89. The summed E-state index contributed by atoms with van der Waals surface area (Å²) in [6, 6.07) is 5.72. The van der Waals surface area contributed by atoms with Gasteiger partial charge >= 0.3 is 0 Å². The molecule has 17 heavy (non-hydrogen) atoms. The Morgan fingerprint density at radius 1 is 1.59 bits per heavy atom. The lowest BCUT2D eigenvalue weighted by Gasteiger charge is -2.26. The highest BCUT2D eigenvalue weighted by Crippen LogP contribution is 2.24. The van der Waals surface area contributed by atoms with Gasteiger partial charge in [0.1, 0.15) is 5.84 Å². The van der Waals surface area contributed by atoms with Gasteiger partial charge in [-0.15, -0.1) is 0 Å². The molecule has 1 rings (SSSR count). The largest absolute Gasteiger partial charge is 0.384 e. The van der Waals surface area contributed by atoms with Crippen molar-refractivity contribution in [1.82, 2.24) is 0 Å². The Hall–Kier alpha value is -1.26. The number of nitrogens with zero attached hydrogens (tertiary/aromatic N) is 1. The monoisotopic (exact) mass is 255 g/mol. The molecule has 0 aromatic heterocycles. The van der Waals surface area contributed by atoms with Crippen LogP contribution in [-0.4, -0.2) is 32.6 Å². The predicted octanol–water partition coefficient (Wildman–Crippen LogP) is 2.10. The SMILES string of the molecule is COCC(C)N(C)c1ccc(C(=N)N)c(Cl)c1. The number of likely N-dealkylation sites (N-methyl/N-ethyl adjacent to an activating group) is 1. The minimum Gasteiger partial charge on any atom is -0.384 e. The van der Waals surface area contributed by atoms with Crippen LogP contribution in [0.2, 0.25) is 5.02 Å². The summed E-state index contributed by atoms with van der Waals surface area (Å²) in [6.07, 6.45) is 0. The molecule has 0 aliphatic carbocycles. The number of nitrogens with two attached hydrogens (primary N) is 1. The summed E-state index contributed by atoms with van der Waals surface area (Å²) in [7, 11) is 3.65. The standard InChI is InChI=1S/C12H18ClN3O/c1-8(7-17-3)16(2)9-4-5-10(12(14)15)11(13)6-9/h4-6,8H,7H2,1-3H3,(H3,14,15). The Kier molecular flexibility index (Phi) is 4.78. The van der Waals surface area contributed by atoms with Crippen molar-refractivity contribution in [2.75, 3.05) is 25.7 Å². The highest BCUT2D eigenvalue weighted by atomic mass is 35.5.